The van der Waals surface area contributed by atoms with Crippen molar-refractivity contribution in [1.82, 2.24) is 10.9 Å². The van der Waals surface area contributed by atoms with Crippen LogP contribution in [-0.2, 0) is 9.59 Å². The molecule has 2 N–H and O–H groups in total. The molecule has 3 amide bonds. The van der Waals surface area contributed by atoms with Crippen LogP contribution in [0.4, 0.5) is 5.69 Å². The van der Waals surface area contributed by atoms with Crippen molar-refractivity contribution in [2.45, 2.75) is 12.5 Å². The van der Waals surface area contributed by atoms with Gasteiger partial charge < -0.3 is 18.9 Å². The van der Waals surface area contributed by atoms with E-state index >= 15 is 0 Å². The third-order valence-corrected chi connectivity index (χ3v) is 4.74. The Balaban J connectivity index is 1.72. The van der Waals surface area contributed by atoms with Crippen LogP contribution in [0.1, 0.15) is 16.8 Å². The molecular formula is C21H23N3O7. The fourth-order valence-electron chi connectivity index (χ4n) is 3.20. The molecule has 164 valence electrons. The summed E-state index contributed by atoms with van der Waals surface area (Å²) in [6.07, 6.45) is -0.106. The number of amides is 3. The number of rotatable bonds is 8. The van der Waals surface area contributed by atoms with Crippen LogP contribution in [0.15, 0.2) is 36.4 Å². The van der Waals surface area contributed by atoms with Crippen molar-refractivity contribution < 1.29 is 33.3 Å². The number of ether oxygens (including phenoxy) is 4. The van der Waals surface area contributed by atoms with E-state index in [0.29, 0.717) is 28.7 Å². The Morgan fingerprint density at radius 1 is 0.968 bits per heavy atom. The second kappa shape index (κ2) is 9.35. The summed E-state index contributed by atoms with van der Waals surface area (Å²) in [6.45, 7) is 0. The number of hydrogen-bond donors (Lipinski definition) is 2. The summed E-state index contributed by atoms with van der Waals surface area (Å²) in [5, 5.41) is 0. The van der Waals surface area contributed by atoms with Crippen molar-refractivity contribution in [3.8, 4) is 23.0 Å². The van der Waals surface area contributed by atoms with E-state index in [1.807, 2.05) is 0 Å². The summed E-state index contributed by atoms with van der Waals surface area (Å²) in [7, 11) is 5.83. The van der Waals surface area contributed by atoms with Crippen molar-refractivity contribution in [1.29, 1.82) is 0 Å². The van der Waals surface area contributed by atoms with E-state index in [0.717, 1.165) is 4.90 Å². The standard InChI is InChI=1S/C21H23N3O7/c1-28-14-7-5-6-13(10-14)24-18(25)11-15(21(24)27)22-23-20(26)12-8-16(29-2)19(31-4)17(9-12)30-3/h5-10,15,22H,11H2,1-4H3,(H,23,26). The Bertz CT molecular complexity index is 983. The van der Waals surface area contributed by atoms with Gasteiger partial charge in [-0.1, -0.05) is 6.07 Å². The average Bonchev–Trinajstić information content (AvgIpc) is 3.08. The third kappa shape index (κ3) is 4.38. The molecule has 3 rings (SSSR count). The predicted molar refractivity (Wildman–Crippen MR) is 111 cm³/mol. The summed E-state index contributed by atoms with van der Waals surface area (Å²) in [5.74, 6) is 0.0671. The molecule has 10 nitrogen and oxygen atoms in total. The molecule has 1 saturated heterocycles. The number of nitrogens with zero attached hydrogens (tertiary/aromatic N) is 1. The second-order valence-corrected chi connectivity index (χ2v) is 6.54. The molecular weight excluding hydrogens is 406 g/mol. The number of anilines is 1. The summed E-state index contributed by atoms with van der Waals surface area (Å²) >= 11 is 0. The van der Waals surface area contributed by atoms with Gasteiger partial charge in [-0.2, -0.15) is 0 Å². The SMILES string of the molecule is COc1cccc(N2C(=O)CC(NNC(=O)c3cc(OC)c(OC)c(OC)c3)C2=O)c1. The van der Waals surface area contributed by atoms with Gasteiger partial charge in [-0.15, -0.1) is 0 Å². The van der Waals surface area contributed by atoms with Crippen LogP contribution in [0.5, 0.6) is 23.0 Å². The monoisotopic (exact) mass is 429 g/mol. The van der Waals surface area contributed by atoms with Gasteiger partial charge in [0.25, 0.3) is 11.8 Å². The van der Waals surface area contributed by atoms with E-state index in [1.54, 1.807) is 24.3 Å². The Labute approximate surface area is 179 Å². The molecule has 2 aromatic carbocycles. The van der Waals surface area contributed by atoms with Crippen molar-refractivity contribution in [2.75, 3.05) is 33.3 Å². The number of hydrogen-bond acceptors (Lipinski definition) is 8. The topological polar surface area (TPSA) is 115 Å². The molecule has 2 aromatic rings. The molecule has 10 heteroatoms. The number of hydrazine groups is 1. The highest BCUT2D eigenvalue weighted by Gasteiger charge is 2.40. The van der Waals surface area contributed by atoms with Crippen LogP contribution in [0.2, 0.25) is 0 Å². The smallest absolute Gasteiger partial charge is 0.265 e. The van der Waals surface area contributed by atoms with Crippen LogP contribution >= 0.6 is 0 Å². The van der Waals surface area contributed by atoms with Crippen molar-refractivity contribution in [3.05, 3.63) is 42.0 Å². The van der Waals surface area contributed by atoms with E-state index in [-0.39, 0.29) is 12.0 Å². The maximum Gasteiger partial charge on any atom is 0.265 e. The maximum atomic E-state index is 12.7. The van der Waals surface area contributed by atoms with Gasteiger partial charge in [0.1, 0.15) is 11.8 Å². The minimum absolute atomic E-state index is 0.106. The minimum atomic E-state index is -0.912. The molecule has 31 heavy (non-hydrogen) atoms. The number of nitrogens with one attached hydrogen (secondary N) is 2. The van der Waals surface area contributed by atoms with Crippen molar-refractivity contribution >= 4 is 23.4 Å². The highest BCUT2D eigenvalue weighted by molar-refractivity contribution is 6.22. The van der Waals surface area contributed by atoms with Crippen LogP contribution in [-0.4, -0.2) is 52.2 Å². The lowest BCUT2D eigenvalue weighted by atomic mass is 10.1. The zero-order valence-electron chi connectivity index (χ0n) is 17.6. The highest BCUT2D eigenvalue weighted by atomic mass is 16.5. The first-order valence-electron chi connectivity index (χ1n) is 9.30. The highest BCUT2D eigenvalue weighted by Crippen LogP contribution is 2.38. The van der Waals surface area contributed by atoms with Gasteiger partial charge in [0, 0.05) is 11.6 Å². The van der Waals surface area contributed by atoms with E-state index in [9.17, 15) is 14.4 Å². The summed E-state index contributed by atoms with van der Waals surface area (Å²) < 4.78 is 20.9. The first kappa shape index (κ1) is 21.9. The molecule has 0 spiro atoms. The van der Waals surface area contributed by atoms with Crippen LogP contribution in [0.25, 0.3) is 0 Å². The average molecular weight is 429 g/mol. The fraction of sp³-hybridized carbons (Fsp3) is 0.286. The van der Waals surface area contributed by atoms with Gasteiger partial charge in [-0.3, -0.25) is 19.8 Å². The lowest BCUT2D eigenvalue weighted by Gasteiger charge is -2.17. The van der Waals surface area contributed by atoms with E-state index in [2.05, 4.69) is 10.9 Å². The van der Waals surface area contributed by atoms with Crippen LogP contribution in [0.3, 0.4) is 0 Å². The van der Waals surface area contributed by atoms with Gasteiger partial charge in [0.2, 0.25) is 11.7 Å². The van der Waals surface area contributed by atoms with E-state index in [4.69, 9.17) is 18.9 Å². The maximum absolute atomic E-state index is 12.7. The van der Waals surface area contributed by atoms with Crippen molar-refractivity contribution in [2.24, 2.45) is 0 Å². The zero-order valence-corrected chi connectivity index (χ0v) is 17.6. The number of methoxy groups -OCH3 is 4. The number of imide groups is 1. The first-order chi connectivity index (χ1) is 14.9. The normalized spacial score (nSPS) is 15.6. The number of carbonyl (C=O) groups is 3. The molecule has 1 aliphatic rings. The molecule has 0 radical (unpaired) electrons. The van der Waals surface area contributed by atoms with Gasteiger partial charge in [0.05, 0.1) is 40.5 Å². The molecule has 0 saturated carbocycles. The van der Waals surface area contributed by atoms with Gasteiger partial charge >= 0.3 is 0 Å². The molecule has 0 bridgehead atoms. The molecule has 1 heterocycles. The number of carbonyl (C=O) groups excluding carboxylic acids is 3. The molecule has 0 aliphatic carbocycles. The van der Waals surface area contributed by atoms with Gasteiger partial charge in [0.15, 0.2) is 11.5 Å². The lowest BCUT2D eigenvalue weighted by molar-refractivity contribution is -0.121. The second-order valence-electron chi connectivity index (χ2n) is 6.54. The van der Waals surface area contributed by atoms with Crippen molar-refractivity contribution in [3.63, 3.8) is 0 Å². The molecule has 0 aromatic heterocycles. The quantitative estimate of drug-likeness (QED) is 0.477. The Morgan fingerprint density at radius 3 is 2.23 bits per heavy atom. The van der Waals surface area contributed by atoms with Crippen LogP contribution in [0, 0.1) is 0 Å². The van der Waals surface area contributed by atoms with Gasteiger partial charge in [-0.25, -0.2) is 10.3 Å². The van der Waals surface area contributed by atoms with Crippen LogP contribution < -0.4 is 34.7 Å². The summed E-state index contributed by atoms with van der Waals surface area (Å²) in [6, 6.07) is 8.65. The molecule has 1 fully saturated rings. The first-order valence-corrected chi connectivity index (χ1v) is 9.30. The third-order valence-electron chi connectivity index (χ3n) is 4.74. The fourth-order valence-corrected chi connectivity index (χ4v) is 3.20. The molecule has 1 unspecified atom stereocenters. The Hall–Kier alpha value is -3.79. The summed E-state index contributed by atoms with van der Waals surface area (Å²) in [4.78, 5) is 38.8. The van der Waals surface area contributed by atoms with Gasteiger partial charge in [-0.05, 0) is 24.3 Å². The zero-order chi connectivity index (χ0) is 22.5. The van der Waals surface area contributed by atoms with E-state index < -0.39 is 23.8 Å². The molecule has 1 atom stereocenters. The molecule has 1 aliphatic heterocycles. The predicted octanol–water partition coefficient (Wildman–Crippen LogP) is 1.29. The number of benzene rings is 2. The minimum Gasteiger partial charge on any atom is -0.497 e. The Morgan fingerprint density at radius 2 is 1.65 bits per heavy atom. The summed E-state index contributed by atoms with van der Waals surface area (Å²) in [5.41, 5.74) is 5.71. The van der Waals surface area contributed by atoms with E-state index in [1.165, 1.54) is 40.6 Å². The largest absolute Gasteiger partial charge is 0.497 e. The lowest BCUT2D eigenvalue weighted by Crippen LogP contribution is -2.48. The Kier molecular flexibility index (Phi) is 6.61.